The molecule has 1 rings (SSSR count). The van der Waals surface area contributed by atoms with Crippen LogP contribution in [0.4, 0.5) is 0 Å². The Hall–Kier alpha value is -1.16. The minimum Gasteiger partial charge on any atom is -0.462 e. The molecule has 0 radical (unpaired) electrons. The third-order valence-corrected chi connectivity index (χ3v) is 1.72. The zero-order valence-corrected chi connectivity index (χ0v) is 7.82. The van der Waals surface area contributed by atoms with Crippen LogP contribution in [0.2, 0.25) is 0 Å². The van der Waals surface area contributed by atoms with E-state index in [1.165, 1.54) is 0 Å². The molecule has 0 saturated heterocycles. The van der Waals surface area contributed by atoms with Gasteiger partial charge in [0, 0.05) is 12.6 Å². The van der Waals surface area contributed by atoms with E-state index in [-0.39, 0.29) is 5.97 Å². The van der Waals surface area contributed by atoms with E-state index in [0.29, 0.717) is 13.2 Å². The standard InChI is InChI=1S/C9H14N2O2/c1-2-13-9(12)7-11-8-5-3-4-6-10-8/h4,6H,2-3,5,7H2,1H3,(H,10,11)/p+1. The number of rotatable bonds is 3. The Labute approximate surface area is 77.7 Å². The van der Waals surface area contributed by atoms with E-state index in [9.17, 15) is 4.79 Å². The van der Waals surface area contributed by atoms with Gasteiger partial charge in [0.25, 0.3) is 0 Å². The predicted octanol–water partition coefficient (Wildman–Crippen LogP) is -0.181. The van der Waals surface area contributed by atoms with E-state index in [2.05, 4.69) is 4.99 Å². The molecule has 2 N–H and O–H groups in total. The Kier molecular flexibility index (Phi) is 4.18. The molecule has 0 amide bonds. The number of nitrogens with two attached hydrogens (primary N) is 1. The van der Waals surface area contributed by atoms with Crippen molar-refractivity contribution < 1.29 is 14.8 Å². The lowest BCUT2D eigenvalue weighted by Gasteiger charge is -2.04. The number of nitrogens with zero attached hydrogens (tertiary/aromatic N) is 1. The van der Waals surface area contributed by atoms with Crippen LogP contribution in [0.5, 0.6) is 0 Å². The number of quaternary nitrogens is 1. The van der Waals surface area contributed by atoms with Crippen molar-refractivity contribution in [2.75, 3.05) is 13.2 Å². The maximum absolute atomic E-state index is 11.0. The van der Waals surface area contributed by atoms with Gasteiger partial charge in [0.05, 0.1) is 6.61 Å². The molecule has 13 heavy (non-hydrogen) atoms. The number of hydrogen-bond acceptors (Lipinski definition) is 3. The van der Waals surface area contributed by atoms with Gasteiger partial charge < -0.3 is 4.74 Å². The number of hydrogen-bond donors (Lipinski definition) is 1. The Morgan fingerprint density at radius 3 is 3.23 bits per heavy atom. The summed E-state index contributed by atoms with van der Waals surface area (Å²) < 4.78 is 4.79. The molecule has 0 spiro atoms. The van der Waals surface area contributed by atoms with Gasteiger partial charge in [-0.15, -0.1) is 0 Å². The number of ether oxygens (including phenoxy) is 1. The summed E-state index contributed by atoms with van der Waals surface area (Å²) in [5.74, 6) is 0.801. The van der Waals surface area contributed by atoms with E-state index in [1.807, 2.05) is 11.4 Å². The smallest absolute Gasteiger partial charge is 0.362 e. The van der Waals surface area contributed by atoms with Crippen molar-refractivity contribution >= 4 is 11.8 Å². The molecule has 1 heterocycles. The first kappa shape index (κ1) is 9.92. The maximum atomic E-state index is 11.0. The van der Waals surface area contributed by atoms with E-state index in [0.717, 1.165) is 18.7 Å². The fraction of sp³-hybridized carbons (Fsp3) is 0.556. The van der Waals surface area contributed by atoms with Crippen molar-refractivity contribution in [3.63, 3.8) is 0 Å². The van der Waals surface area contributed by atoms with E-state index >= 15 is 0 Å². The molecule has 0 unspecified atom stereocenters. The number of carbonyl (C=O) groups is 1. The quantitative estimate of drug-likeness (QED) is 0.617. The number of aliphatic imine (C=N–C) groups is 1. The van der Waals surface area contributed by atoms with Crippen LogP contribution in [0.3, 0.4) is 0 Å². The second kappa shape index (κ2) is 5.48. The minimum atomic E-state index is -0.181. The van der Waals surface area contributed by atoms with Crippen molar-refractivity contribution in [3.8, 4) is 0 Å². The lowest BCUT2D eigenvalue weighted by Crippen LogP contribution is -2.89. The first-order chi connectivity index (χ1) is 6.33. The van der Waals surface area contributed by atoms with Crippen LogP contribution in [0, 0.1) is 0 Å². The second-order valence-corrected chi connectivity index (χ2v) is 2.76. The molecule has 0 saturated carbocycles. The van der Waals surface area contributed by atoms with Gasteiger partial charge in [0.2, 0.25) is 0 Å². The highest BCUT2D eigenvalue weighted by atomic mass is 16.5. The fourth-order valence-electron chi connectivity index (χ4n) is 1.09. The third-order valence-electron chi connectivity index (χ3n) is 1.72. The monoisotopic (exact) mass is 183 g/mol. The molecule has 0 aliphatic carbocycles. The molecule has 0 atom stereocenters. The molecular formula is C9H15N2O2+. The van der Waals surface area contributed by atoms with Gasteiger partial charge in [0.15, 0.2) is 12.4 Å². The van der Waals surface area contributed by atoms with Crippen LogP contribution in [-0.2, 0) is 9.53 Å². The molecule has 1 aliphatic heterocycles. The highest BCUT2D eigenvalue weighted by molar-refractivity contribution is 5.77. The summed E-state index contributed by atoms with van der Waals surface area (Å²) in [7, 11) is 0. The number of amidine groups is 1. The minimum absolute atomic E-state index is 0.181. The third kappa shape index (κ3) is 3.85. The van der Waals surface area contributed by atoms with E-state index < -0.39 is 0 Å². The van der Waals surface area contributed by atoms with Crippen molar-refractivity contribution in [1.29, 1.82) is 0 Å². The van der Waals surface area contributed by atoms with Gasteiger partial charge in [-0.05, 0) is 13.3 Å². The van der Waals surface area contributed by atoms with Crippen LogP contribution >= 0.6 is 0 Å². The number of allylic oxidation sites excluding steroid dienone is 1. The number of carbonyl (C=O) groups excluding carboxylic acids is 1. The first-order valence-corrected chi connectivity index (χ1v) is 4.53. The first-order valence-electron chi connectivity index (χ1n) is 4.53. The van der Waals surface area contributed by atoms with Crippen LogP contribution < -0.4 is 5.32 Å². The summed E-state index contributed by atoms with van der Waals surface area (Å²) in [5.41, 5.74) is 0. The van der Waals surface area contributed by atoms with Crippen LogP contribution in [-0.4, -0.2) is 25.0 Å². The van der Waals surface area contributed by atoms with Crippen LogP contribution in [0.15, 0.2) is 17.3 Å². The highest BCUT2D eigenvalue weighted by Gasteiger charge is 2.09. The Morgan fingerprint density at radius 1 is 1.77 bits per heavy atom. The predicted molar refractivity (Wildman–Crippen MR) is 49.2 cm³/mol. The van der Waals surface area contributed by atoms with Gasteiger partial charge in [0.1, 0.15) is 0 Å². The fourth-order valence-corrected chi connectivity index (χ4v) is 1.09. The van der Waals surface area contributed by atoms with Crippen molar-refractivity contribution in [3.05, 3.63) is 12.3 Å². The average molecular weight is 183 g/mol. The normalized spacial score (nSPS) is 15.3. The zero-order chi connectivity index (χ0) is 9.52. The van der Waals surface area contributed by atoms with Crippen molar-refractivity contribution in [1.82, 2.24) is 0 Å². The molecule has 4 heteroatoms. The van der Waals surface area contributed by atoms with Gasteiger partial charge in [-0.1, -0.05) is 6.08 Å². The highest BCUT2D eigenvalue weighted by Crippen LogP contribution is 1.96. The average Bonchev–Trinajstić information content (AvgIpc) is 2.17. The lowest BCUT2D eigenvalue weighted by atomic mass is 10.2. The molecule has 0 aromatic carbocycles. The number of esters is 1. The molecule has 4 nitrogen and oxygen atoms in total. The Bertz CT molecular complexity index is 234. The Balaban J connectivity index is 2.21. The van der Waals surface area contributed by atoms with Crippen molar-refractivity contribution in [2.24, 2.45) is 4.99 Å². The summed E-state index contributed by atoms with van der Waals surface area (Å²) in [6.07, 6.45) is 5.73. The van der Waals surface area contributed by atoms with E-state index in [4.69, 9.17) is 4.74 Å². The van der Waals surface area contributed by atoms with E-state index in [1.54, 1.807) is 13.1 Å². The summed E-state index contributed by atoms with van der Waals surface area (Å²) >= 11 is 0. The topological polar surface area (TPSA) is 55.3 Å². The summed E-state index contributed by atoms with van der Waals surface area (Å²) in [4.78, 5) is 15.1. The molecule has 72 valence electrons. The molecule has 0 aromatic heterocycles. The SMILES string of the molecule is CCOC(=O)C[NH2+]C1=NC=CCC1. The Morgan fingerprint density at radius 2 is 2.62 bits per heavy atom. The second-order valence-electron chi connectivity index (χ2n) is 2.76. The summed E-state index contributed by atoms with van der Waals surface area (Å²) in [5, 5.41) is 1.83. The molecule has 0 aromatic rings. The summed E-state index contributed by atoms with van der Waals surface area (Å²) in [6, 6.07) is 0. The van der Waals surface area contributed by atoms with Gasteiger partial charge in [-0.2, -0.15) is 0 Å². The largest absolute Gasteiger partial charge is 0.462 e. The van der Waals surface area contributed by atoms with Crippen LogP contribution in [0.25, 0.3) is 0 Å². The maximum Gasteiger partial charge on any atom is 0.362 e. The molecular weight excluding hydrogens is 168 g/mol. The van der Waals surface area contributed by atoms with Crippen LogP contribution in [0.1, 0.15) is 19.8 Å². The van der Waals surface area contributed by atoms with Gasteiger partial charge >= 0.3 is 5.97 Å². The summed E-state index contributed by atoms with van der Waals surface area (Å²) in [6.45, 7) is 2.58. The molecule has 1 aliphatic rings. The van der Waals surface area contributed by atoms with Crippen molar-refractivity contribution in [2.45, 2.75) is 19.8 Å². The van der Waals surface area contributed by atoms with Gasteiger partial charge in [-0.25, -0.2) is 9.79 Å². The lowest BCUT2D eigenvalue weighted by molar-refractivity contribution is -0.532. The molecule has 0 fully saturated rings. The van der Waals surface area contributed by atoms with Gasteiger partial charge in [-0.3, -0.25) is 5.32 Å². The molecule has 0 bridgehead atoms. The zero-order valence-electron chi connectivity index (χ0n) is 7.82.